The topological polar surface area (TPSA) is 75.4 Å². The van der Waals surface area contributed by atoms with Gasteiger partial charge in [0.05, 0.1) is 24.3 Å². The number of imidazole rings is 1. The zero-order valence-corrected chi connectivity index (χ0v) is 18.9. The lowest BCUT2D eigenvalue weighted by Crippen LogP contribution is -2.27. The van der Waals surface area contributed by atoms with Gasteiger partial charge >= 0.3 is 0 Å². The molecule has 6 nitrogen and oxygen atoms in total. The molecular weight excluding hydrogens is 418 g/mol. The molecule has 3 aromatic rings. The second kappa shape index (κ2) is 10.9. The van der Waals surface area contributed by atoms with E-state index in [0.717, 1.165) is 18.5 Å². The standard InChI is InChI=1S/C22H29N3O3S2/c1-2-30(27,28)22-23-16-20(17-24(13-14-26)18-21-11-7-15-29-21)25(22)12-6-10-19-8-4-3-5-9-19/h3-5,7-9,11,15-16,26H,2,6,10,12-14,17-18H2,1H3. The quantitative estimate of drug-likeness (QED) is 0.461. The number of thiophene rings is 1. The molecule has 0 atom stereocenters. The summed E-state index contributed by atoms with van der Waals surface area (Å²) >= 11 is 1.67. The van der Waals surface area contributed by atoms with E-state index in [0.29, 0.717) is 26.2 Å². The van der Waals surface area contributed by atoms with Crippen molar-refractivity contribution in [1.82, 2.24) is 14.5 Å². The van der Waals surface area contributed by atoms with E-state index in [1.54, 1.807) is 24.5 Å². The van der Waals surface area contributed by atoms with Gasteiger partial charge in [0.25, 0.3) is 0 Å². The van der Waals surface area contributed by atoms with Gasteiger partial charge in [-0.2, -0.15) is 0 Å². The molecule has 2 aromatic heterocycles. The predicted octanol–water partition coefficient (Wildman–Crippen LogP) is 3.37. The predicted molar refractivity (Wildman–Crippen MR) is 120 cm³/mol. The molecular formula is C22H29N3O3S2. The zero-order valence-electron chi connectivity index (χ0n) is 17.3. The lowest BCUT2D eigenvalue weighted by Gasteiger charge is -2.22. The minimum atomic E-state index is -3.42. The van der Waals surface area contributed by atoms with Gasteiger partial charge in [0.2, 0.25) is 15.0 Å². The van der Waals surface area contributed by atoms with Crippen LogP contribution in [0.2, 0.25) is 0 Å². The summed E-state index contributed by atoms with van der Waals surface area (Å²) in [4.78, 5) is 7.62. The number of hydrogen-bond acceptors (Lipinski definition) is 6. The zero-order chi connectivity index (χ0) is 21.4. The SMILES string of the molecule is CCS(=O)(=O)c1ncc(CN(CCO)Cc2cccs2)n1CCCc1ccccc1. The Hall–Kier alpha value is -2.00. The molecule has 0 radical (unpaired) electrons. The first-order chi connectivity index (χ1) is 14.5. The molecule has 162 valence electrons. The largest absolute Gasteiger partial charge is 0.395 e. The van der Waals surface area contributed by atoms with Gasteiger partial charge in [-0.25, -0.2) is 13.4 Å². The van der Waals surface area contributed by atoms with Crippen molar-refractivity contribution in [2.75, 3.05) is 18.9 Å². The molecule has 1 N–H and O–H groups in total. The van der Waals surface area contributed by atoms with Gasteiger partial charge in [0.1, 0.15) is 0 Å². The Bertz CT molecular complexity index is 1000. The van der Waals surface area contributed by atoms with Gasteiger partial charge in [0, 0.05) is 31.1 Å². The van der Waals surface area contributed by atoms with Gasteiger partial charge in [-0.1, -0.05) is 43.3 Å². The molecule has 0 aliphatic rings. The van der Waals surface area contributed by atoms with Crippen molar-refractivity contribution in [2.24, 2.45) is 0 Å². The second-order valence-electron chi connectivity index (χ2n) is 7.19. The fraction of sp³-hybridized carbons (Fsp3) is 0.409. The molecule has 0 unspecified atom stereocenters. The average Bonchev–Trinajstić information content (AvgIpc) is 3.40. The lowest BCUT2D eigenvalue weighted by molar-refractivity contribution is 0.182. The fourth-order valence-corrected chi connectivity index (χ4v) is 5.19. The highest BCUT2D eigenvalue weighted by Crippen LogP contribution is 2.19. The summed E-state index contributed by atoms with van der Waals surface area (Å²) in [6.07, 6.45) is 3.37. The number of aryl methyl sites for hydroxylation is 1. The monoisotopic (exact) mass is 447 g/mol. The maximum absolute atomic E-state index is 12.6. The van der Waals surface area contributed by atoms with Crippen molar-refractivity contribution >= 4 is 21.2 Å². The molecule has 8 heteroatoms. The van der Waals surface area contributed by atoms with Crippen molar-refractivity contribution < 1.29 is 13.5 Å². The number of aliphatic hydroxyl groups excluding tert-OH is 1. The van der Waals surface area contributed by atoms with Gasteiger partial charge in [-0.15, -0.1) is 11.3 Å². The van der Waals surface area contributed by atoms with Gasteiger partial charge in [-0.3, -0.25) is 4.90 Å². The number of aromatic nitrogens is 2. The van der Waals surface area contributed by atoms with Crippen LogP contribution >= 0.6 is 11.3 Å². The summed E-state index contributed by atoms with van der Waals surface area (Å²) in [7, 11) is -3.42. The molecule has 0 saturated carbocycles. The minimum Gasteiger partial charge on any atom is -0.395 e. The molecule has 0 fully saturated rings. The Morgan fingerprint density at radius 1 is 1.13 bits per heavy atom. The Morgan fingerprint density at radius 2 is 1.93 bits per heavy atom. The summed E-state index contributed by atoms with van der Waals surface area (Å²) in [6.45, 7) is 4.05. The van der Waals surface area contributed by atoms with E-state index >= 15 is 0 Å². The molecule has 0 amide bonds. The summed E-state index contributed by atoms with van der Waals surface area (Å²) < 4.78 is 27.0. The highest BCUT2D eigenvalue weighted by Gasteiger charge is 2.22. The van der Waals surface area contributed by atoms with E-state index in [-0.39, 0.29) is 17.5 Å². The summed E-state index contributed by atoms with van der Waals surface area (Å²) in [6, 6.07) is 14.3. The van der Waals surface area contributed by atoms with Gasteiger partial charge in [0.15, 0.2) is 0 Å². The summed E-state index contributed by atoms with van der Waals surface area (Å²) in [5.41, 5.74) is 2.10. The van der Waals surface area contributed by atoms with E-state index in [1.807, 2.05) is 34.2 Å². The van der Waals surface area contributed by atoms with Crippen molar-refractivity contribution in [1.29, 1.82) is 0 Å². The van der Waals surface area contributed by atoms with Crippen LogP contribution in [-0.2, 0) is 35.9 Å². The minimum absolute atomic E-state index is 0.0255. The smallest absolute Gasteiger partial charge is 0.227 e. The molecule has 0 aliphatic heterocycles. The average molecular weight is 448 g/mol. The van der Waals surface area contributed by atoms with Crippen LogP contribution in [0.25, 0.3) is 0 Å². The van der Waals surface area contributed by atoms with Crippen molar-refractivity contribution in [3.63, 3.8) is 0 Å². The summed E-state index contributed by atoms with van der Waals surface area (Å²) in [5, 5.41) is 11.7. The van der Waals surface area contributed by atoms with Crippen LogP contribution in [0.4, 0.5) is 0 Å². The van der Waals surface area contributed by atoms with Gasteiger partial charge < -0.3 is 9.67 Å². The van der Waals surface area contributed by atoms with Crippen molar-refractivity contribution in [3.05, 3.63) is 70.2 Å². The summed E-state index contributed by atoms with van der Waals surface area (Å²) in [5.74, 6) is 0.0255. The van der Waals surface area contributed by atoms with Crippen LogP contribution in [0.3, 0.4) is 0 Å². The number of sulfone groups is 1. The number of benzene rings is 1. The first kappa shape index (κ1) is 22.7. The van der Waals surface area contributed by atoms with Crippen LogP contribution in [0.5, 0.6) is 0 Å². The van der Waals surface area contributed by atoms with E-state index in [2.05, 4.69) is 28.1 Å². The normalized spacial score (nSPS) is 12.0. The van der Waals surface area contributed by atoms with Crippen LogP contribution < -0.4 is 0 Å². The third kappa shape index (κ3) is 6.01. The Morgan fingerprint density at radius 3 is 2.60 bits per heavy atom. The Balaban J connectivity index is 1.79. The van der Waals surface area contributed by atoms with Crippen LogP contribution in [0.15, 0.2) is 59.2 Å². The molecule has 0 saturated heterocycles. The number of rotatable bonds is 12. The second-order valence-corrected chi connectivity index (χ2v) is 10.4. The van der Waals surface area contributed by atoms with E-state index < -0.39 is 9.84 Å². The fourth-order valence-electron chi connectivity index (χ4n) is 3.43. The Kier molecular flexibility index (Phi) is 8.21. The lowest BCUT2D eigenvalue weighted by atomic mass is 10.1. The van der Waals surface area contributed by atoms with E-state index in [9.17, 15) is 13.5 Å². The first-order valence-corrected chi connectivity index (χ1v) is 12.7. The highest BCUT2D eigenvalue weighted by molar-refractivity contribution is 7.91. The highest BCUT2D eigenvalue weighted by atomic mass is 32.2. The third-order valence-electron chi connectivity index (χ3n) is 5.01. The van der Waals surface area contributed by atoms with Crippen molar-refractivity contribution in [3.8, 4) is 0 Å². The first-order valence-electron chi connectivity index (χ1n) is 10.2. The van der Waals surface area contributed by atoms with Gasteiger partial charge in [-0.05, 0) is 29.9 Å². The van der Waals surface area contributed by atoms with E-state index in [1.165, 1.54) is 10.4 Å². The molecule has 0 bridgehead atoms. The molecule has 1 aromatic carbocycles. The molecule has 2 heterocycles. The number of aliphatic hydroxyl groups is 1. The number of nitrogens with zero attached hydrogens (tertiary/aromatic N) is 3. The van der Waals surface area contributed by atoms with Crippen LogP contribution in [0.1, 0.15) is 29.5 Å². The molecule has 0 spiro atoms. The number of hydrogen-bond donors (Lipinski definition) is 1. The van der Waals surface area contributed by atoms with Crippen LogP contribution in [0, 0.1) is 0 Å². The maximum Gasteiger partial charge on any atom is 0.227 e. The third-order valence-corrected chi connectivity index (χ3v) is 7.51. The maximum atomic E-state index is 12.6. The van der Waals surface area contributed by atoms with E-state index in [4.69, 9.17) is 0 Å². The van der Waals surface area contributed by atoms with Crippen LogP contribution in [-0.4, -0.2) is 46.9 Å². The molecule has 3 rings (SSSR count). The molecule has 30 heavy (non-hydrogen) atoms. The Labute approximate surface area is 182 Å². The van der Waals surface area contributed by atoms with Crippen molar-refractivity contribution in [2.45, 2.75) is 44.6 Å². The molecule has 0 aliphatic carbocycles.